The molecule has 0 aliphatic heterocycles. The lowest BCUT2D eigenvalue weighted by molar-refractivity contribution is 0.966. The van der Waals surface area contributed by atoms with E-state index < -0.39 is 0 Å². The summed E-state index contributed by atoms with van der Waals surface area (Å²) in [4.78, 5) is 8.91. The van der Waals surface area contributed by atoms with Gasteiger partial charge in [0.2, 0.25) is 0 Å². The number of nitriles is 1. The molecular formula is C15H10Cl2N4. The van der Waals surface area contributed by atoms with E-state index in [1.54, 1.807) is 29.0 Å². The smallest absolute Gasteiger partial charge is 0.164 e. The number of nitrogens with zero attached hydrogens (tertiary/aromatic N) is 4. The number of hydrogen-bond acceptors (Lipinski definition) is 3. The second kappa shape index (κ2) is 5.36. The van der Waals surface area contributed by atoms with Crippen LogP contribution in [0.15, 0.2) is 30.5 Å². The number of fused-ring (bicyclic) bond motifs is 1. The molecule has 0 radical (unpaired) electrons. The molecule has 0 unspecified atom stereocenters. The van der Waals surface area contributed by atoms with Crippen LogP contribution in [0.25, 0.3) is 16.9 Å². The predicted octanol–water partition coefficient (Wildman–Crippen LogP) is 3.99. The minimum absolute atomic E-state index is 0.215. The summed E-state index contributed by atoms with van der Waals surface area (Å²) in [5.41, 5.74) is 3.55. The number of pyridine rings is 1. The maximum absolute atomic E-state index is 9.31. The number of rotatable bonds is 2. The van der Waals surface area contributed by atoms with Gasteiger partial charge in [0.15, 0.2) is 5.65 Å². The highest BCUT2D eigenvalue weighted by molar-refractivity contribution is 6.30. The van der Waals surface area contributed by atoms with Crippen LogP contribution in [0.5, 0.6) is 0 Å². The van der Waals surface area contributed by atoms with Crippen molar-refractivity contribution in [2.24, 2.45) is 0 Å². The van der Waals surface area contributed by atoms with Crippen LogP contribution in [-0.2, 0) is 5.88 Å². The number of alkyl halides is 1. The van der Waals surface area contributed by atoms with Gasteiger partial charge in [-0.2, -0.15) is 5.26 Å². The fraction of sp³-hybridized carbons (Fsp3) is 0.133. The molecule has 0 fully saturated rings. The Kier molecular flexibility index (Phi) is 3.54. The highest BCUT2D eigenvalue weighted by Gasteiger charge is 2.16. The Morgan fingerprint density at radius 2 is 2.14 bits per heavy atom. The van der Waals surface area contributed by atoms with Gasteiger partial charge in [0, 0.05) is 11.2 Å². The molecule has 4 nitrogen and oxygen atoms in total. The fourth-order valence-electron chi connectivity index (χ4n) is 2.24. The van der Waals surface area contributed by atoms with Crippen molar-refractivity contribution in [3.05, 3.63) is 52.4 Å². The first-order chi connectivity index (χ1) is 10.1. The molecule has 0 atom stereocenters. The summed E-state index contributed by atoms with van der Waals surface area (Å²) in [5, 5.41) is 9.85. The van der Waals surface area contributed by atoms with E-state index in [0.29, 0.717) is 27.7 Å². The number of aromatic nitrogens is 3. The molecule has 3 rings (SSSR count). The molecule has 1 aromatic carbocycles. The molecule has 0 saturated heterocycles. The van der Waals surface area contributed by atoms with Crippen molar-refractivity contribution in [2.45, 2.75) is 12.8 Å². The van der Waals surface area contributed by atoms with Gasteiger partial charge >= 0.3 is 0 Å². The number of imidazole rings is 1. The highest BCUT2D eigenvalue weighted by atomic mass is 35.5. The van der Waals surface area contributed by atoms with E-state index in [-0.39, 0.29) is 5.88 Å². The van der Waals surface area contributed by atoms with E-state index >= 15 is 0 Å². The third-order valence-electron chi connectivity index (χ3n) is 3.14. The Hall–Kier alpha value is -2.09. The molecule has 0 saturated carbocycles. The molecule has 2 aromatic heterocycles. The summed E-state index contributed by atoms with van der Waals surface area (Å²) in [6, 6.07) is 9.17. The zero-order chi connectivity index (χ0) is 15.0. The van der Waals surface area contributed by atoms with E-state index in [1.165, 1.54) is 0 Å². The summed E-state index contributed by atoms with van der Waals surface area (Å²) >= 11 is 12.1. The van der Waals surface area contributed by atoms with Gasteiger partial charge in [0.05, 0.1) is 17.1 Å². The minimum atomic E-state index is 0.215. The molecule has 3 aromatic rings. The third kappa shape index (κ3) is 2.35. The van der Waals surface area contributed by atoms with Crippen molar-refractivity contribution >= 4 is 34.4 Å². The lowest BCUT2D eigenvalue weighted by Crippen LogP contribution is -2.03. The first kappa shape index (κ1) is 13.9. The summed E-state index contributed by atoms with van der Waals surface area (Å²) in [6.07, 6.45) is 1.76. The number of aryl methyl sites for hydroxylation is 1. The van der Waals surface area contributed by atoms with Gasteiger partial charge in [-0.3, -0.25) is 4.57 Å². The second-order valence-corrected chi connectivity index (χ2v) is 5.33. The van der Waals surface area contributed by atoms with Crippen LogP contribution in [0.1, 0.15) is 17.0 Å². The summed E-state index contributed by atoms with van der Waals surface area (Å²) in [6.45, 7) is 1.95. The van der Waals surface area contributed by atoms with Crippen molar-refractivity contribution in [2.75, 3.05) is 0 Å². The molecule has 0 N–H and O–H groups in total. The molecule has 0 amide bonds. The Labute approximate surface area is 131 Å². The monoisotopic (exact) mass is 316 g/mol. The van der Waals surface area contributed by atoms with Gasteiger partial charge in [-0.15, -0.1) is 11.6 Å². The maximum Gasteiger partial charge on any atom is 0.164 e. The van der Waals surface area contributed by atoms with E-state index in [2.05, 4.69) is 16.0 Å². The van der Waals surface area contributed by atoms with Crippen LogP contribution in [0.2, 0.25) is 5.02 Å². The van der Waals surface area contributed by atoms with E-state index in [9.17, 15) is 5.26 Å². The lowest BCUT2D eigenvalue weighted by Gasteiger charge is -2.09. The van der Waals surface area contributed by atoms with Crippen LogP contribution in [-0.4, -0.2) is 14.5 Å². The molecule has 0 bridgehead atoms. The molecule has 21 heavy (non-hydrogen) atoms. The zero-order valence-corrected chi connectivity index (χ0v) is 12.7. The standard InChI is InChI=1S/C15H10Cl2N4/c1-9-4-12-15(19-8-9)21(14(6-16)20-12)13-5-11(17)3-2-10(13)7-18/h2-5,8H,6H2,1H3. The minimum Gasteiger partial charge on any atom is -0.278 e. The number of halogens is 2. The van der Waals surface area contributed by atoms with Crippen LogP contribution in [0, 0.1) is 18.3 Å². The van der Waals surface area contributed by atoms with Crippen molar-refractivity contribution in [3.8, 4) is 11.8 Å². The van der Waals surface area contributed by atoms with Crippen LogP contribution >= 0.6 is 23.2 Å². The zero-order valence-electron chi connectivity index (χ0n) is 11.1. The second-order valence-electron chi connectivity index (χ2n) is 4.63. The highest BCUT2D eigenvalue weighted by Crippen LogP contribution is 2.26. The van der Waals surface area contributed by atoms with Gasteiger partial charge in [-0.1, -0.05) is 11.6 Å². The molecule has 0 spiro atoms. The van der Waals surface area contributed by atoms with E-state index in [0.717, 1.165) is 11.1 Å². The van der Waals surface area contributed by atoms with Crippen molar-refractivity contribution in [3.63, 3.8) is 0 Å². The first-order valence-electron chi connectivity index (χ1n) is 6.24. The number of hydrogen-bond donors (Lipinski definition) is 0. The predicted molar refractivity (Wildman–Crippen MR) is 82.9 cm³/mol. The Morgan fingerprint density at radius 3 is 2.86 bits per heavy atom. The van der Waals surface area contributed by atoms with Gasteiger partial charge in [0.25, 0.3) is 0 Å². The fourth-order valence-corrected chi connectivity index (χ4v) is 2.59. The first-order valence-corrected chi connectivity index (χ1v) is 7.15. The maximum atomic E-state index is 9.31. The quantitative estimate of drug-likeness (QED) is 0.672. The molecular weight excluding hydrogens is 307 g/mol. The molecule has 6 heteroatoms. The molecule has 2 heterocycles. The SMILES string of the molecule is Cc1cnc2c(c1)nc(CCl)n2-c1cc(Cl)ccc1C#N. The summed E-state index contributed by atoms with van der Waals surface area (Å²) < 4.78 is 1.78. The van der Waals surface area contributed by atoms with Crippen molar-refractivity contribution in [1.82, 2.24) is 14.5 Å². The summed E-state index contributed by atoms with van der Waals surface area (Å²) in [5.74, 6) is 0.843. The molecule has 0 aliphatic carbocycles. The van der Waals surface area contributed by atoms with Crippen molar-refractivity contribution < 1.29 is 0 Å². The van der Waals surface area contributed by atoms with E-state index in [4.69, 9.17) is 23.2 Å². The van der Waals surface area contributed by atoms with Gasteiger partial charge in [0.1, 0.15) is 17.4 Å². The molecule has 0 aliphatic rings. The van der Waals surface area contributed by atoms with Crippen molar-refractivity contribution in [1.29, 1.82) is 5.26 Å². The largest absolute Gasteiger partial charge is 0.278 e. The summed E-state index contributed by atoms with van der Waals surface area (Å²) in [7, 11) is 0. The Bertz CT molecular complexity index is 877. The average molecular weight is 317 g/mol. The van der Waals surface area contributed by atoms with Crippen LogP contribution < -0.4 is 0 Å². The van der Waals surface area contributed by atoms with Crippen LogP contribution in [0.3, 0.4) is 0 Å². The topological polar surface area (TPSA) is 54.5 Å². The third-order valence-corrected chi connectivity index (χ3v) is 3.62. The van der Waals surface area contributed by atoms with E-state index in [1.807, 2.05) is 13.0 Å². The Morgan fingerprint density at radius 1 is 1.33 bits per heavy atom. The Balaban J connectivity index is 2.39. The molecule has 104 valence electrons. The number of benzene rings is 1. The van der Waals surface area contributed by atoms with Crippen LogP contribution in [0.4, 0.5) is 0 Å². The van der Waals surface area contributed by atoms with Gasteiger partial charge < -0.3 is 0 Å². The van der Waals surface area contributed by atoms with Gasteiger partial charge in [-0.05, 0) is 36.8 Å². The lowest BCUT2D eigenvalue weighted by atomic mass is 10.2. The average Bonchev–Trinajstić information content (AvgIpc) is 2.84. The normalized spacial score (nSPS) is 10.8. The van der Waals surface area contributed by atoms with Gasteiger partial charge in [-0.25, -0.2) is 9.97 Å².